The summed E-state index contributed by atoms with van der Waals surface area (Å²) < 4.78 is 2.04. The van der Waals surface area contributed by atoms with Crippen LogP contribution in [0.4, 0.5) is 0 Å². The SMILES string of the molecule is O=C1Cc2ccccc2C1c1ncnc2nn(C3CCCC3)cc12. The van der Waals surface area contributed by atoms with Crippen molar-refractivity contribution in [2.24, 2.45) is 0 Å². The van der Waals surface area contributed by atoms with Gasteiger partial charge >= 0.3 is 0 Å². The average molecular weight is 318 g/mol. The van der Waals surface area contributed by atoms with Gasteiger partial charge in [0.15, 0.2) is 11.4 Å². The zero-order chi connectivity index (χ0) is 16.1. The second-order valence-corrected chi connectivity index (χ2v) is 6.82. The summed E-state index contributed by atoms with van der Waals surface area (Å²) in [6.45, 7) is 0. The van der Waals surface area contributed by atoms with Crippen LogP contribution in [0.5, 0.6) is 0 Å². The monoisotopic (exact) mass is 318 g/mol. The molecule has 1 atom stereocenters. The van der Waals surface area contributed by atoms with E-state index in [1.54, 1.807) is 0 Å². The molecule has 5 heteroatoms. The molecule has 1 aromatic carbocycles. The van der Waals surface area contributed by atoms with Crippen LogP contribution in [-0.2, 0) is 11.2 Å². The Bertz CT molecular complexity index is 939. The number of hydrogen-bond acceptors (Lipinski definition) is 4. The summed E-state index contributed by atoms with van der Waals surface area (Å²) in [6.07, 6.45) is 8.93. The van der Waals surface area contributed by atoms with Gasteiger partial charge in [0.2, 0.25) is 0 Å². The smallest absolute Gasteiger partial charge is 0.184 e. The number of nitrogens with zero attached hydrogens (tertiary/aromatic N) is 4. The largest absolute Gasteiger partial charge is 0.298 e. The predicted molar refractivity (Wildman–Crippen MR) is 89.8 cm³/mol. The second kappa shape index (κ2) is 5.23. The van der Waals surface area contributed by atoms with Crippen LogP contribution in [0.1, 0.15) is 54.5 Å². The minimum atomic E-state index is -0.284. The molecule has 3 aromatic rings. The Hall–Kier alpha value is -2.56. The van der Waals surface area contributed by atoms with Crippen LogP contribution < -0.4 is 0 Å². The van der Waals surface area contributed by atoms with Crippen molar-refractivity contribution >= 4 is 16.8 Å². The minimum Gasteiger partial charge on any atom is -0.298 e. The molecule has 1 unspecified atom stereocenters. The van der Waals surface area contributed by atoms with E-state index in [0.29, 0.717) is 18.1 Å². The Balaban J connectivity index is 1.66. The van der Waals surface area contributed by atoms with E-state index in [2.05, 4.69) is 21.3 Å². The fourth-order valence-corrected chi connectivity index (χ4v) is 4.20. The number of aromatic nitrogens is 4. The van der Waals surface area contributed by atoms with Gasteiger partial charge in [-0.25, -0.2) is 9.97 Å². The summed E-state index contributed by atoms with van der Waals surface area (Å²) in [4.78, 5) is 21.5. The number of rotatable bonds is 2. The Morgan fingerprint density at radius 1 is 1.08 bits per heavy atom. The van der Waals surface area contributed by atoms with Gasteiger partial charge in [-0.15, -0.1) is 0 Å². The van der Waals surface area contributed by atoms with Gasteiger partial charge < -0.3 is 0 Å². The first kappa shape index (κ1) is 13.8. The van der Waals surface area contributed by atoms with E-state index in [-0.39, 0.29) is 11.7 Å². The van der Waals surface area contributed by atoms with Crippen molar-refractivity contribution in [3.63, 3.8) is 0 Å². The van der Waals surface area contributed by atoms with E-state index < -0.39 is 0 Å². The summed E-state index contributed by atoms with van der Waals surface area (Å²) in [5, 5.41) is 5.58. The normalized spacial score (nSPS) is 20.8. The molecule has 2 aliphatic rings. The van der Waals surface area contributed by atoms with Crippen molar-refractivity contribution in [2.75, 3.05) is 0 Å². The molecule has 0 spiro atoms. The van der Waals surface area contributed by atoms with Crippen molar-refractivity contribution in [1.82, 2.24) is 19.7 Å². The van der Waals surface area contributed by atoms with Crippen molar-refractivity contribution in [1.29, 1.82) is 0 Å². The van der Waals surface area contributed by atoms with E-state index in [1.165, 1.54) is 32.0 Å². The zero-order valence-corrected chi connectivity index (χ0v) is 13.4. The van der Waals surface area contributed by atoms with E-state index in [4.69, 9.17) is 0 Å². The third-order valence-corrected chi connectivity index (χ3v) is 5.39. The fraction of sp³-hybridized carbons (Fsp3) is 0.368. The molecule has 2 aromatic heterocycles. The maximum absolute atomic E-state index is 12.7. The quantitative estimate of drug-likeness (QED) is 0.728. The highest BCUT2D eigenvalue weighted by molar-refractivity contribution is 5.98. The topological polar surface area (TPSA) is 60.7 Å². The third kappa shape index (κ3) is 2.00. The highest BCUT2D eigenvalue weighted by Crippen LogP contribution is 2.37. The van der Waals surface area contributed by atoms with Gasteiger partial charge in [0.05, 0.1) is 23.0 Å². The minimum absolute atomic E-state index is 0.213. The van der Waals surface area contributed by atoms with Crippen LogP contribution in [-0.4, -0.2) is 25.5 Å². The molecule has 5 rings (SSSR count). The van der Waals surface area contributed by atoms with Crippen LogP contribution in [0.15, 0.2) is 36.8 Å². The summed E-state index contributed by atoms with van der Waals surface area (Å²) in [6, 6.07) is 8.51. The maximum Gasteiger partial charge on any atom is 0.184 e. The number of fused-ring (bicyclic) bond motifs is 2. The highest BCUT2D eigenvalue weighted by Gasteiger charge is 2.34. The number of carbonyl (C=O) groups excluding carboxylic acids is 1. The number of carbonyl (C=O) groups is 1. The molecule has 0 radical (unpaired) electrons. The molecule has 1 fully saturated rings. The van der Waals surface area contributed by atoms with E-state index in [1.807, 2.05) is 28.9 Å². The molecule has 0 N–H and O–H groups in total. The summed E-state index contributed by atoms with van der Waals surface area (Å²) in [5.74, 6) is -0.0715. The second-order valence-electron chi connectivity index (χ2n) is 6.82. The van der Waals surface area contributed by atoms with Crippen molar-refractivity contribution in [3.8, 4) is 0 Å². The summed E-state index contributed by atoms with van der Waals surface area (Å²) in [7, 11) is 0. The maximum atomic E-state index is 12.7. The first-order valence-corrected chi connectivity index (χ1v) is 8.61. The molecular weight excluding hydrogens is 300 g/mol. The molecule has 0 amide bonds. The predicted octanol–water partition coefficient (Wildman–Crippen LogP) is 3.20. The Labute approximate surface area is 139 Å². The van der Waals surface area contributed by atoms with Crippen LogP contribution in [0, 0.1) is 0 Å². The molecule has 2 heterocycles. The lowest BCUT2D eigenvalue weighted by Crippen LogP contribution is -2.10. The van der Waals surface area contributed by atoms with E-state index in [9.17, 15) is 4.79 Å². The number of ketones is 1. The molecule has 2 aliphatic carbocycles. The molecular formula is C19H18N4O. The standard InChI is InChI=1S/C19H18N4O/c24-16-9-12-5-1-4-8-14(12)17(16)18-15-10-23(13-6-2-3-7-13)22-19(15)21-11-20-18/h1,4-5,8,10-11,13,17H,2-3,6-7,9H2. The molecule has 0 saturated heterocycles. The van der Waals surface area contributed by atoms with Crippen LogP contribution >= 0.6 is 0 Å². The molecule has 5 nitrogen and oxygen atoms in total. The van der Waals surface area contributed by atoms with E-state index >= 15 is 0 Å². The lowest BCUT2D eigenvalue weighted by atomic mass is 9.95. The molecule has 0 bridgehead atoms. The molecule has 24 heavy (non-hydrogen) atoms. The Morgan fingerprint density at radius 2 is 1.92 bits per heavy atom. The van der Waals surface area contributed by atoms with Crippen LogP contribution in [0.3, 0.4) is 0 Å². The first-order valence-electron chi connectivity index (χ1n) is 8.61. The van der Waals surface area contributed by atoms with Crippen LogP contribution in [0.25, 0.3) is 11.0 Å². The fourth-order valence-electron chi connectivity index (χ4n) is 4.20. The van der Waals surface area contributed by atoms with Gasteiger partial charge in [-0.05, 0) is 24.0 Å². The Kier molecular flexibility index (Phi) is 3.01. The first-order chi connectivity index (χ1) is 11.8. The number of Topliss-reactive ketones (excluding diaryl/α,β-unsaturated/α-hetero) is 1. The Morgan fingerprint density at radius 3 is 2.79 bits per heavy atom. The lowest BCUT2D eigenvalue weighted by molar-refractivity contribution is -0.118. The number of benzene rings is 1. The van der Waals surface area contributed by atoms with Crippen molar-refractivity contribution < 1.29 is 4.79 Å². The number of hydrogen-bond donors (Lipinski definition) is 0. The van der Waals surface area contributed by atoms with E-state index in [0.717, 1.165) is 22.2 Å². The third-order valence-electron chi connectivity index (χ3n) is 5.39. The molecule has 0 aliphatic heterocycles. The average Bonchev–Trinajstić information content (AvgIpc) is 3.31. The van der Waals surface area contributed by atoms with Crippen LogP contribution in [0.2, 0.25) is 0 Å². The van der Waals surface area contributed by atoms with Gasteiger partial charge in [0.25, 0.3) is 0 Å². The van der Waals surface area contributed by atoms with Gasteiger partial charge in [-0.3, -0.25) is 9.48 Å². The van der Waals surface area contributed by atoms with Gasteiger partial charge in [-0.1, -0.05) is 37.1 Å². The highest BCUT2D eigenvalue weighted by atomic mass is 16.1. The van der Waals surface area contributed by atoms with Crippen molar-refractivity contribution in [3.05, 3.63) is 53.6 Å². The molecule has 1 saturated carbocycles. The van der Waals surface area contributed by atoms with Gasteiger partial charge in [-0.2, -0.15) is 5.10 Å². The lowest BCUT2D eigenvalue weighted by Gasteiger charge is -2.10. The van der Waals surface area contributed by atoms with Crippen molar-refractivity contribution in [2.45, 2.75) is 44.1 Å². The summed E-state index contributed by atoms with van der Waals surface area (Å²) >= 11 is 0. The van der Waals surface area contributed by atoms with Gasteiger partial charge in [0, 0.05) is 12.6 Å². The zero-order valence-electron chi connectivity index (χ0n) is 13.4. The summed E-state index contributed by atoms with van der Waals surface area (Å²) in [5.41, 5.74) is 3.70. The molecule has 120 valence electrons. The van der Waals surface area contributed by atoms with Gasteiger partial charge in [0.1, 0.15) is 6.33 Å².